The molecule has 3 N–H and O–H groups in total. The summed E-state index contributed by atoms with van der Waals surface area (Å²) in [5.74, 6) is -2.67. The Kier molecular flexibility index (Phi) is 6.55. The van der Waals surface area contributed by atoms with Gasteiger partial charge in [0, 0.05) is 6.42 Å². The third-order valence-corrected chi connectivity index (χ3v) is 3.14. The fraction of sp³-hybridized carbons (Fsp3) is 0.533. The van der Waals surface area contributed by atoms with Gasteiger partial charge in [0.2, 0.25) is 5.91 Å². The van der Waals surface area contributed by atoms with Crippen LogP contribution < -0.4 is 15.8 Å². The van der Waals surface area contributed by atoms with E-state index in [1.165, 1.54) is 0 Å². The molecule has 0 saturated heterocycles. The largest absolute Gasteiger partial charge is 0.496 e. The number of methoxy groups -OCH3 is 1. The number of benzene rings is 1. The van der Waals surface area contributed by atoms with Crippen LogP contribution in [-0.2, 0) is 11.2 Å². The second-order valence-corrected chi connectivity index (χ2v) is 5.16. The lowest BCUT2D eigenvalue weighted by Gasteiger charge is -2.17. The number of hydrogen-bond donors (Lipinski definition) is 2. The van der Waals surface area contributed by atoms with Gasteiger partial charge in [0.1, 0.15) is 5.75 Å². The van der Waals surface area contributed by atoms with Crippen LogP contribution in [0.4, 0.5) is 8.78 Å². The van der Waals surface area contributed by atoms with E-state index < -0.39 is 24.9 Å². The summed E-state index contributed by atoms with van der Waals surface area (Å²) in [6.07, 6.45) is 0.823. The average molecular weight is 300 g/mol. The molecule has 1 aromatic carbocycles. The molecule has 0 aliphatic rings. The van der Waals surface area contributed by atoms with Crippen molar-refractivity contribution in [2.24, 2.45) is 11.7 Å². The molecular formula is C15H22F2N2O2. The molecule has 21 heavy (non-hydrogen) atoms. The van der Waals surface area contributed by atoms with E-state index >= 15 is 0 Å². The van der Waals surface area contributed by atoms with Gasteiger partial charge in [0.25, 0.3) is 5.92 Å². The van der Waals surface area contributed by atoms with Crippen molar-refractivity contribution in [1.29, 1.82) is 0 Å². The van der Waals surface area contributed by atoms with Gasteiger partial charge in [-0.3, -0.25) is 4.79 Å². The van der Waals surface area contributed by atoms with E-state index in [0.717, 1.165) is 11.3 Å². The quantitative estimate of drug-likeness (QED) is 0.771. The van der Waals surface area contributed by atoms with Crippen LogP contribution in [0.1, 0.15) is 18.9 Å². The van der Waals surface area contributed by atoms with E-state index in [-0.39, 0.29) is 12.3 Å². The van der Waals surface area contributed by atoms with Crippen LogP contribution in [0.3, 0.4) is 0 Å². The number of para-hydroxylation sites is 1. The van der Waals surface area contributed by atoms with Crippen molar-refractivity contribution in [1.82, 2.24) is 5.32 Å². The number of nitrogens with one attached hydrogen (secondary N) is 1. The maximum atomic E-state index is 12.9. The minimum Gasteiger partial charge on any atom is -0.496 e. The maximum Gasteiger partial charge on any atom is 0.277 e. The predicted molar refractivity (Wildman–Crippen MR) is 77.5 cm³/mol. The number of amides is 1. The zero-order valence-electron chi connectivity index (χ0n) is 12.4. The van der Waals surface area contributed by atoms with Gasteiger partial charge in [-0.2, -0.15) is 0 Å². The number of hydrogen-bond acceptors (Lipinski definition) is 3. The number of rotatable bonds is 8. The molecule has 0 aliphatic heterocycles. The second kappa shape index (κ2) is 7.93. The summed E-state index contributed by atoms with van der Waals surface area (Å²) in [5.41, 5.74) is 5.91. The zero-order chi connectivity index (χ0) is 15.9. The molecule has 0 fully saturated rings. The van der Waals surface area contributed by atoms with Gasteiger partial charge in [-0.25, -0.2) is 8.78 Å². The van der Waals surface area contributed by atoms with Crippen molar-refractivity contribution in [3.05, 3.63) is 29.8 Å². The van der Waals surface area contributed by atoms with E-state index in [0.29, 0.717) is 6.42 Å². The minimum absolute atomic E-state index is 0.0211. The van der Waals surface area contributed by atoms with E-state index in [1.807, 2.05) is 31.2 Å². The van der Waals surface area contributed by atoms with E-state index in [2.05, 4.69) is 5.32 Å². The van der Waals surface area contributed by atoms with Gasteiger partial charge >= 0.3 is 0 Å². The maximum absolute atomic E-state index is 12.9. The van der Waals surface area contributed by atoms with Crippen LogP contribution in [0.5, 0.6) is 5.75 Å². The molecule has 0 radical (unpaired) electrons. The van der Waals surface area contributed by atoms with E-state index in [9.17, 15) is 13.6 Å². The Balaban J connectivity index is 2.46. The van der Waals surface area contributed by atoms with Gasteiger partial charge in [0.05, 0.1) is 20.2 Å². The molecule has 0 aliphatic carbocycles. The smallest absolute Gasteiger partial charge is 0.277 e. The van der Waals surface area contributed by atoms with Crippen molar-refractivity contribution < 1.29 is 18.3 Å². The molecule has 0 heterocycles. The highest BCUT2D eigenvalue weighted by Gasteiger charge is 2.27. The summed E-state index contributed by atoms with van der Waals surface area (Å²) in [7, 11) is 1.59. The van der Waals surface area contributed by atoms with Gasteiger partial charge in [-0.05, 0) is 24.0 Å². The number of carbonyl (C=O) groups is 1. The van der Waals surface area contributed by atoms with Crippen LogP contribution in [0.15, 0.2) is 24.3 Å². The van der Waals surface area contributed by atoms with Crippen LogP contribution in [0, 0.1) is 5.92 Å². The van der Waals surface area contributed by atoms with E-state index in [4.69, 9.17) is 10.5 Å². The lowest BCUT2D eigenvalue weighted by Crippen LogP contribution is -2.41. The van der Waals surface area contributed by atoms with Crippen LogP contribution in [-0.4, -0.2) is 32.0 Å². The summed E-state index contributed by atoms with van der Waals surface area (Å²) < 4.78 is 31.1. The molecule has 1 amide bonds. The monoisotopic (exact) mass is 300 g/mol. The second-order valence-electron chi connectivity index (χ2n) is 5.16. The highest BCUT2D eigenvalue weighted by molar-refractivity contribution is 5.76. The minimum atomic E-state index is -3.05. The number of ether oxygens (including phenoxy) is 1. The normalized spacial score (nSPS) is 12.8. The Hall–Kier alpha value is -1.69. The van der Waals surface area contributed by atoms with Gasteiger partial charge in [-0.1, -0.05) is 25.1 Å². The Morgan fingerprint density at radius 2 is 2.10 bits per heavy atom. The fourth-order valence-electron chi connectivity index (χ4n) is 2.01. The van der Waals surface area contributed by atoms with Gasteiger partial charge in [-0.15, -0.1) is 0 Å². The molecule has 0 bridgehead atoms. The van der Waals surface area contributed by atoms with Gasteiger partial charge in [0.15, 0.2) is 0 Å². The number of alkyl halides is 2. The third-order valence-electron chi connectivity index (χ3n) is 3.14. The summed E-state index contributed by atoms with van der Waals surface area (Å²) in [4.78, 5) is 11.6. The molecule has 118 valence electrons. The lowest BCUT2D eigenvalue weighted by atomic mass is 9.97. The summed E-state index contributed by atoms with van der Waals surface area (Å²) in [6.45, 7) is 0.404. The Labute approximate surface area is 123 Å². The molecule has 0 spiro atoms. The van der Waals surface area contributed by atoms with E-state index in [1.54, 1.807) is 7.11 Å². The summed E-state index contributed by atoms with van der Waals surface area (Å²) in [6, 6.07) is 7.54. The van der Waals surface area contributed by atoms with Crippen molar-refractivity contribution >= 4 is 5.91 Å². The topological polar surface area (TPSA) is 64.3 Å². The summed E-state index contributed by atoms with van der Waals surface area (Å²) >= 11 is 0. The molecular weight excluding hydrogens is 278 g/mol. The third kappa shape index (κ3) is 6.08. The molecule has 4 nitrogen and oxygen atoms in total. The molecule has 0 aromatic heterocycles. The van der Waals surface area contributed by atoms with Crippen molar-refractivity contribution in [3.63, 3.8) is 0 Å². The van der Waals surface area contributed by atoms with Crippen LogP contribution in [0.25, 0.3) is 0 Å². The Bertz CT molecular complexity index is 467. The predicted octanol–water partition coefficient (Wildman–Crippen LogP) is 1.97. The first-order valence-corrected chi connectivity index (χ1v) is 6.84. The molecule has 1 unspecified atom stereocenters. The standard InChI is InChI=1S/C15H22F2N2O2/c1-11(7-12-5-3-4-6-13(12)21-2)8-14(20)19-10-15(16,17)9-18/h3-6,11H,7-10,18H2,1-2H3,(H,19,20). The molecule has 1 atom stereocenters. The first-order chi connectivity index (χ1) is 9.88. The summed E-state index contributed by atoms with van der Waals surface area (Å²) in [5, 5.41) is 2.22. The molecule has 1 aromatic rings. The zero-order valence-corrected chi connectivity index (χ0v) is 12.4. The molecule has 0 saturated carbocycles. The first kappa shape index (κ1) is 17.4. The first-order valence-electron chi connectivity index (χ1n) is 6.84. The Morgan fingerprint density at radius 3 is 2.71 bits per heavy atom. The van der Waals surface area contributed by atoms with Crippen molar-refractivity contribution in [3.8, 4) is 5.75 Å². The number of carbonyl (C=O) groups excluding carboxylic acids is 1. The highest BCUT2D eigenvalue weighted by atomic mass is 19.3. The SMILES string of the molecule is COc1ccccc1CC(C)CC(=O)NCC(F)(F)CN. The number of halogens is 2. The van der Waals surface area contributed by atoms with Gasteiger partial charge < -0.3 is 15.8 Å². The van der Waals surface area contributed by atoms with Crippen molar-refractivity contribution in [2.75, 3.05) is 20.2 Å². The molecule has 1 rings (SSSR count). The average Bonchev–Trinajstić information content (AvgIpc) is 2.46. The molecule has 6 heteroatoms. The van der Waals surface area contributed by atoms with Crippen molar-refractivity contribution in [2.45, 2.75) is 25.7 Å². The fourth-order valence-corrected chi connectivity index (χ4v) is 2.01. The lowest BCUT2D eigenvalue weighted by molar-refractivity contribution is -0.123. The van der Waals surface area contributed by atoms with Crippen LogP contribution in [0.2, 0.25) is 0 Å². The number of nitrogens with two attached hydrogens (primary N) is 1. The Morgan fingerprint density at radius 1 is 1.43 bits per heavy atom. The highest BCUT2D eigenvalue weighted by Crippen LogP contribution is 2.22. The van der Waals surface area contributed by atoms with Crippen LogP contribution >= 0.6 is 0 Å².